The Kier molecular flexibility index (Phi) is 4.79. The highest BCUT2D eigenvalue weighted by atomic mass is 16.5. The second-order valence-corrected chi connectivity index (χ2v) is 5.35. The van der Waals surface area contributed by atoms with Crippen molar-refractivity contribution in [2.75, 3.05) is 31.6 Å². The van der Waals surface area contributed by atoms with Gasteiger partial charge in [0.05, 0.1) is 7.11 Å². The third-order valence-electron chi connectivity index (χ3n) is 3.23. The molecule has 0 spiro atoms. The highest BCUT2D eigenvalue weighted by Crippen LogP contribution is 2.28. The van der Waals surface area contributed by atoms with E-state index in [0.29, 0.717) is 12.5 Å². The quantitative estimate of drug-likeness (QED) is 0.879. The van der Waals surface area contributed by atoms with E-state index in [1.807, 2.05) is 24.4 Å². The second kappa shape index (κ2) is 6.57. The first-order chi connectivity index (χ1) is 9.65. The molecule has 0 unspecified atom stereocenters. The van der Waals surface area contributed by atoms with Crippen LogP contribution in [0.5, 0.6) is 5.75 Å². The lowest BCUT2D eigenvalue weighted by Crippen LogP contribution is -2.33. The first kappa shape index (κ1) is 14.6. The molecule has 108 valence electrons. The maximum absolute atomic E-state index is 5.74. The molecule has 2 rings (SSSR count). The summed E-state index contributed by atoms with van der Waals surface area (Å²) in [5, 5.41) is 2.28. The predicted octanol–water partition coefficient (Wildman–Crippen LogP) is 2.66. The summed E-state index contributed by atoms with van der Waals surface area (Å²) in [4.78, 5) is 6.83. The van der Waals surface area contributed by atoms with Gasteiger partial charge >= 0.3 is 0 Å². The van der Waals surface area contributed by atoms with E-state index >= 15 is 0 Å². The van der Waals surface area contributed by atoms with Gasteiger partial charge in [0.25, 0.3) is 0 Å². The molecule has 1 heterocycles. The van der Waals surface area contributed by atoms with Crippen molar-refractivity contribution in [3.05, 3.63) is 30.5 Å². The smallest absolute Gasteiger partial charge is 0.136 e. The summed E-state index contributed by atoms with van der Waals surface area (Å²) in [5.41, 5.74) is 5.74. The van der Waals surface area contributed by atoms with Crippen LogP contribution >= 0.6 is 0 Å². The van der Waals surface area contributed by atoms with Crippen molar-refractivity contribution in [2.24, 2.45) is 11.7 Å². The molecule has 20 heavy (non-hydrogen) atoms. The SMILES string of the molecule is COc1ccc2c(N(CCN)CC(C)C)nccc2c1. The Morgan fingerprint density at radius 3 is 2.75 bits per heavy atom. The number of anilines is 1. The van der Waals surface area contributed by atoms with Gasteiger partial charge in [-0.3, -0.25) is 0 Å². The summed E-state index contributed by atoms with van der Waals surface area (Å²) < 4.78 is 5.28. The van der Waals surface area contributed by atoms with Gasteiger partial charge in [-0.2, -0.15) is 0 Å². The van der Waals surface area contributed by atoms with Crippen LogP contribution in [0.3, 0.4) is 0 Å². The molecular weight excluding hydrogens is 250 g/mol. The summed E-state index contributed by atoms with van der Waals surface area (Å²) in [6, 6.07) is 8.09. The van der Waals surface area contributed by atoms with Gasteiger partial charge in [-0.05, 0) is 35.6 Å². The van der Waals surface area contributed by atoms with E-state index in [2.05, 4.69) is 29.8 Å². The first-order valence-corrected chi connectivity index (χ1v) is 7.03. The molecule has 1 aromatic heterocycles. The number of pyridine rings is 1. The van der Waals surface area contributed by atoms with E-state index in [1.54, 1.807) is 7.11 Å². The van der Waals surface area contributed by atoms with Crippen LogP contribution in [0, 0.1) is 5.92 Å². The van der Waals surface area contributed by atoms with Crippen LogP contribution in [0.4, 0.5) is 5.82 Å². The molecule has 0 radical (unpaired) electrons. The number of hydrogen-bond donors (Lipinski definition) is 1. The van der Waals surface area contributed by atoms with E-state index in [-0.39, 0.29) is 0 Å². The summed E-state index contributed by atoms with van der Waals surface area (Å²) in [7, 11) is 1.68. The molecule has 0 atom stereocenters. The summed E-state index contributed by atoms with van der Waals surface area (Å²) in [5.74, 6) is 2.44. The third-order valence-corrected chi connectivity index (χ3v) is 3.23. The second-order valence-electron chi connectivity index (χ2n) is 5.35. The summed E-state index contributed by atoms with van der Waals surface area (Å²) in [6.07, 6.45) is 1.85. The van der Waals surface area contributed by atoms with Gasteiger partial charge in [-0.25, -0.2) is 4.98 Å². The molecule has 0 saturated heterocycles. The number of ether oxygens (including phenoxy) is 1. The number of nitrogens with zero attached hydrogens (tertiary/aromatic N) is 2. The van der Waals surface area contributed by atoms with Gasteiger partial charge in [0, 0.05) is 31.2 Å². The number of aromatic nitrogens is 1. The standard InChI is InChI=1S/C16H23N3O/c1-12(2)11-19(9-7-17)16-15-5-4-14(20-3)10-13(15)6-8-18-16/h4-6,8,10,12H,7,9,11,17H2,1-3H3. The molecule has 0 aliphatic rings. The average Bonchev–Trinajstić information content (AvgIpc) is 2.45. The monoisotopic (exact) mass is 273 g/mol. The Hall–Kier alpha value is -1.81. The molecule has 0 bridgehead atoms. The fourth-order valence-electron chi connectivity index (χ4n) is 2.40. The number of hydrogen-bond acceptors (Lipinski definition) is 4. The van der Waals surface area contributed by atoms with Crippen LogP contribution in [-0.2, 0) is 0 Å². The Balaban J connectivity index is 2.45. The number of benzene rings is 1. The summed E-state index contributed by atoms with van der Waals surface area (Å²) >= 11 is 0. The van der Waals surface area contributed by atoms with Gasteiger partial charge in [0.1, 0.15) is 11.6 Å². The highest BCUT2D eigenvalue weighted by molar-refractivity contribution is 5.93. The van der Waals surface area contributed by atoms with Crippen LogP contribution in [-0.4, -0.2) is 31.7 Å². The lowest BCUT2D eigenvalue weighted by Gasteiger charge is -2.26. The Labute approximate surface area is 120 Å². The fourth-order valence-corrected chi connectivity index (χ4v) is 2.40. The van der Waals surface area contributed by atoms with E-state index in [9.17, 15) is 0 Å². The molecule has 0 fully saturated rings. The largest absolute Gasteiger partial charge is 0.497 e. The van der Waals surface area contributed by atoms with Crippen molar-refractivity contribution in [1.29, 1.82) is 0 Å². The summed E-state index contributed by atoms with van der Waals surface area (Å²) in [6.45, 7) is 6.81. The van der Waals surface area contributed by atoms with Crippen molar-refractivity contribution in [3.8, 4) is 5.75 Å². The lowest BCUT2D eigenvalue weighted by molar-refractivity contribution is 0.415. The van der Waals surface area contributed by atoms with Crippen molar-refractivity contribution in [1.82, 2.24) is 4.98 Å². The number of nitrogens with two attached hydrogens (primary N) is 1. The van der Waals surface area contributed by atoms with Gasteiger partial charge < -0.3 is 15.4 Å². The number of rotatable bonds is 6. The van der Waals surface area contributed by atoms with E-state index in [0.717, 1.165) is 35.4 Å². The molecular formula is C16H23N3O. The van der Waals surface area contributed by atoms with Gasteiger partial charge in [-0.15, -0.1) is 0 Å². The minimum absolute atomic E-state index is 0.567. The van der Waals surface area contributed by atoms with Crippen LogP contribution in [0.25, 0.3) is 10.8 Å². The number of fused-ring (bicyclic) bond motifs is 1. The average molecular weight is 273 g/mol. The van der Waals surface area contributed by atoms with E-state index < -0.39 is 0 Å². The normalized spacial score (nSPS) is 11.1. The van der Waals surface area contributed by atoms with Crippen LogP contribution in [0.2, 0.25) is 0 Å². The fraction of sp³-hybridized carbons (Fsp3) is 0.438. The Morgan fingerprint density at radius 1 is 1.30 bits per heavy atom. The zero-order valence-corrected chi connectivity index (χ0v) is 12.5. The maximum Gasteiger partial charge on any atom is 0.136 e. The van der Waals surface area contributed by atoms with Crippen LogP contribution in [0.1, 0.15) is 13.8 Å². The minimum Gasteiger partial charge on any atom is -0.497 e. The molecule has 0 amide bonds. The Morgan fingerprint density at radius 2 is 2.10 bits per heavy atom. The van der Waals surface area contributed by atoms with Crippen LogP contribution < -0.4 is 15.4 Å². The topological polar surface area (TPSA) is 51.4 Å². The van der Waals surface area contributed by atoms with Crippen molar-refractivity contribution >= 4 is 16.6 Å². The molecule has 0 aliphatic carbocycles. The number of methoxy groups -OCH3 is 1. The predicted molar refractivity (Wildman–Crippen MR) is 84.4 cm³/mol. The molecule has 4 heteroatoms. The maximum atomic E-state index is 5.74. The molecule has 0 aliphatic heterocycles. The molecule has 1 aromatic carbocycles. The zero-order valence-electron chi connectivity index (χ0n) is 12.5. The first-order valence-electron chi connectivity index (χ1n) is 7.03. The molecule has 2 N–H and O–H groups in total. The highest BCUT2D eigenvalue weighted by Gasteiger charge is 2.12. The van der Waals surface area contributed by atoms with Gasteiger partial charge in [0.15, 0.2) is 0 Å². The van der Waals surface area contributed by atoms with Gasteiger partial charge in [0.2, 0.25) is 0 Å². The van der Waals surface area contributed by atoms with E-state index in [1.165, 1.54) is 0 Å². The lowest BCUT2D eigenvalue weighted by atomic mass is 10.1. The van der Waals surface area contributed by atoms with Crippen molar-refractivity contribution < 1.29 is 4.74 Å². The van der Waals surface area contributed by atoms with Crippen molar-refractivity contribution in [2.45, 2.75) is 13.8 Å². The van der Waals surface area contributed by atoms with E-state index in [4.69, 9.17) is 10.5 Å². The third kappa shape index (κ3) is 3.20. The minimum atomic E-state index is 0.567. The Bertz CT molecular complexity index is 569. The van der Waals surface area contributed by atoms with Crippen molar-refractivity contribution in [3.63, 3.8) is 0 Å². The zero-order chi connectivity index (χ0) is 14.5. The van der Waals surface area contributed by atoms with Gasteiger partial charge in [-0.1, -0.05) is 13.8 Å². The molecule has 0 saturated carbocycles. The molecule has 4 nitrogen and oxygen atoms in total. The van der Waals surface area contributed by atoms with Crippen LogP contribution in [0.15, 0.2) is 30.5 Å². The molecule has 2 aromatic rings.